The van der Waals surface area contributed by atoms with E-state index in [1.807, 2.05) is 18.2 Å². The fourth-order valence-corrected chi connectivity index (χ4v) is 1.67. The highest BCUT2D eigenvalue weighted by molar-refractivity contribution is 5.80. The van der Waals surface area contributed by atoms with E-state index in [9.17, 15) is 4.79 Å². The van der Waals surface area contributed by atoms with E-state index in [0.29, 0.717) is 18.6 Å². The van der Waals surface area contributed by atoms with Crippen LogP contribution in [0.5, 0.6) is 0 Å². The molecule has 1 aromatic rings. The molecule has 0 saturated carbocycles. The summed E-state index contributed by atoms with van der Waals surface area (Å²) in [5.41, 5.74) is 0.886. The van der Waals surface area contributed by atoms with Gasteiger partial charge in [-0.3, -0.25) is 9.78 Å². The zero-order chi connectivity index (χ0) is 11.8. The predicted molar refractivity (Wildman–Crippen MR) is 66.3 cm³/mol. The average molecular weight is 219 g/mol. The molecule has 0 fully saturated rings. The van der Waals surface area contributed by atoms with Gasteiger partial charge in [-0.05, 0) is 24.5 Å². The molecule has 0 amide bonds. The first-order chi connectivity index (χ1) is 7.68. The minimum absolute atomic E-state index is 0.308. The van der Waals surface area contributed by atoms with Gasteiger partial charge in [0.15, 0.2) is 0 Å². The SMILES string of the molecule is CC(C)CCCCC(=O)Cc1ccccn1. The molecule has 0 spiro atoms. The summed E-state index contributed by atoms with van der Waals surface area (Å²) in [6, 6.07) is 5.71. The van der Waals surface area contributed by atoms with Gasteiger partial charge in [0.05, 0.1) is 0 Å². The standard InChI is InChI=1S/C14H21NO/c1-12(2)7-3-4-9-14(16)11-13-8-5-6-10-15-13/h5-6,8,10,12H,3-4,7,9,11H2,1-2H3. The van der Waals surface area contributed by atoms with Gasteiger partial charge in [0.25, 0.3) is 0 Å². The second-order valence-electron chi connectivity index (χ2n) is 4.68. The molecule has 0 aliphatic heterocycles. The third-order valence-electron chi connectivity index (χ3n) is 2.59. The third-order valence-corrected chi connectivity index (χ3v) is 2.59. The number of hydrogen-bond acceptors (Lipinski definition) is 2. The van der Waals surface area contributed by atoms with Crippen molar-refractivity contribution in [2.45, 2.75) is 46.0 Å². The molecule has 0 radical (unpaired) electrons. The second kappa shape index (κ2) is 7.15. The van der Waals surface area contributed by atoms with Crippen molar-refractivity contribution < 1.29 is 4.79 Å². The normalized spacial score (nSPS) is 10.7. The molecule has 1 rings (SSSR count). The minimum Gasteiger partial charge on any atom is -0.299 e. The largest absolute Gasteiger partial charge is 0.299 e. The Morgan fingerprint density at radius 3 is 2.75 bits per heavy atom. The van der Waals surface area contributed by atoms with Crippen LogP contribution in [-0.2, 0) is 11.2 Å². The molecule has 0 N–H and O–H groups in total. The highest BCUT2D eigenvalue weighted by atomic mass is 16.1. The van der Waals surface area contributed by atoms with Crippen LogP contribution in [0.4, 0.5) is 0 Å². The molecule has 0 aliphatic rings. The maximum atomic E-state index is 11.6. The topological polar surface area (TPSA) is 30.0 Å². The van der Waals surface area contributed by atoms with E-state index in [-0.39, 0.29) is 0 Å². The highest BCUT2D eigenvalue weighted by Gasteiger charge is 2.04. The molecule has 0 atom stereocenters. The molecule has 0 aromatic carbocycles. The Morgan fingerprint density at radius 1 is 1.31 bits per heavy atom. The maximum Gasteiger partial charge on any atom is 0.138 e. The number of aromatic nitrogens is 1. The fraction of sp³-hybridized carbons (Fsp3) is 0.571. The number of carbonyl (C=O) groups excluding carboxylic acids is 1. The van der Waals surface area contributed by atoms with Gasteiger partial charge in [-0.1, -0.05) is 32.8 Å². The number of Topliss-reactive ketones (excluding diaryl/α,β-unsaturated/α-hetero) is 1. The Balaban J connectivity index is 2.17. The lowest BCUT2D eigenvalue weighted by Crippen LogP contribution is -2.04. The van der Waals surface area contributed by atoms with Gasteiger partial charge in [-0.2, -0.15) is 0 Å². The van der Waals surface area contributed by atoms with Crippen LogP contribution in [-0.4, -0.2) is 10.8 Å². The van der Waals surface area contributed by atoms with Crippen LogP contribution in [0.1, 0.15) is 45.2 Å². The molecule has 0 bridgehead atoms. The van der Waals surface area contributed by atoms with Crippen molar-refractivity contribution >= 4 is 5.78 Å². The third kappa shape index (κ3) is 5.64. The van der Waals surface area contributed by atoms with Gasteiger partial charge in [0.1, 0.15) is 5.78 Å². The molecule has 0 saturated heterocycles. The van der Waals surface area contributed by atoms with Crippen molar-refractivity contribution in [2.24, 2.45) is 5.92 Å². The number of carbonyl (C=O) groups is 1. The monoisotopic (exact) mass is 219 g/mol. The van der Waals surface area contributed by atoms with Gasteiger partial charge < -0.3 is 0 Å². The van der Waals surface area contributed by atoms with Gasteiger partial charge in [-0.25, -0.2) is 0 Å². The summed E-state index contributed by atoms with van der Waals surface area (Å²) in [5, 5.41) is 0. The van der Waals surface area contributed by atoms with Crippen LogP contribution < -0.4 is 0 Å². The molecule has 16 heavy (non-hydrogen) atoms. The van der Waals surface area contributed by atoms with Crippen LogP contribution in [0.15, 0.2) is 24.4 Å². The second-order valence-corrected chi connectivity index (χ2v) is 4.68. The molecular formula is C14H21NO. The summed E-state index contributed by atoms with van der Waals surface area (Å²) < 4.78 is 0. The smallest absolute Gasteiger partial charge is 0.138 e. The van der Waals surface area contributed by atoms with E-state index in [1.54, 1.807) is 6.20 Å². The van der Waals surface area contributed by atoms with Crippen molar-refractivity contribution in [3.8, 4) is 0 Å². The van der Waals surface area contributed by atoms with Gasteiger partial charge in [0.2, 0.25) is 0 Å². The lowest BCUT2D eigenvalue weighted by Gasteiger charge is -2.03. The summed E-state index contributed by atoms with van der Waals surface area (Å²) in [6.07, 6.45) is 6.32. The van der Waals surface area contributed by atoms with Crippen LogP contribution in [0, 0.1) is 5.92 Å². The molecule has 0 unspecified atom stereocenters. The first kappa shape index (κ1) is 12.9. The summed E-state index contributed by atoms with van der Waals surface area (Å²) >= 11 is 0. The van der Waals surface area contributed by atoms with E-state index < -0.39 is 0 Å². The van der Waals surface area contributed by atoms with Crippen molar-refractivity contribution in [1.82, 2.24) is 4.98 Å². The summed E-state index contributed by atoms with van der Waals surface area (Å²) in [6.45, 7) is 4.44. The summed E-state index contributed by atoms with van der Waals surface area (Å²) in [7, 11) is 0. The summed E-state index contributed by atoms with van der Waals surface area (Å²) in [5.74, 6) is 1.05. The number of hydrogen-bond donors (Lipinski definition) is 0. The predicted octanol–water partition coefficient (Wildman–Crippen LogP) is 3.41. The number of ketones is 1. The van der Waals surface area contributed by atoms with Crippen LogP contribution in [0.25, 0.3) is 0 Å². The van der Waals surface area contributed by atoms with Gasteiger partial charge in [-0.15, -0.1) is 0 Å². The van der Waals surface area contributed by atoms with E-state index in [2.05, 4.69) is 18.8 Å². The summed E-state index contributed by atoms with van der Waals surface area (Å²) in [4.78, 5) is 15.8. The molecule has 88 valence electrons. The van der Waals surface area contributed by atoms with E-state index in [4.69, 9.17) is 0 Å². The number of rotatable bonds is 7. The molecule has 1 aromatic heterocycles. The Kier molecular flexibility index (Phi) is 5.76. The molecule has 0 aliphatic carbocycles. The van der Waals surface area contributed by atoms with Crippen molar-refractivity contribution in [2.75, 3.05) is 0 Å². The fourth-order valence-electron chi connectivity index (χ4n) is 1.67. The Hall–Kier alpha value is -1.18. The van der Waals surface area contributed by atoms with E-state index >= 15 is 0 Å². The molecule has 2 heteroatoms. The van der Waals surface area contributed by atoms with E-state index in [1.165, 1.54) is 6.42 Å². The quantitative estimate of drug-likeness (QED) is 0.658. The maximum absolute atomic E-state index is 11.6. The van der Waals surface area contributed by atoms with Crippen molar-refractivity contribution in [1.29, 1.82) is 0 Å². The number of pyridine rings is 1. The van der Waals surface area contributed by atoms with Gasteiger partial charge in [0, 0.05) is 24.7 Å². The number of unbranched alkanes of at least 4 members (excludes halogenated alkanes) is 1. The lowest BCUT2D eigenvalue weighted by molar-refractivity contribution is -0.118. The minimum atomic E-state index is 0.308. The number of nitrogens with zero attached hydrogens (tertiary/aromatic N) is 1. The van der Waals surface area contributed by atoms with Crippen LogP contribution >= 0.6 is 0 Å². The Morgan fingerprint density at radius 2 is 2.12 bits per heavy atom. The first-order valence-corrected chi connectivity index (χ1v) is 6.10. The highest BCUT2D eigenvalue weighted by Crippen LogP contribution is 2.09. The van der Waals surface area contributed by atoms with Crippen LogP contribution in [0.3, 0.4) is 0 Å². The molecule has 2 nitrogen and oxygen atoms in total. The average Bonchev–Trinajstić information content (AvgIpc) is 2.25. The molecular weight excluding hydrogens is 198 g/mol. The van der Waals surface area contributed by atoms with Gasteiger partial charge >= 0.3 is 0 Å². The first-order valence-electron chi connectivity index (χ1n) is 6.10. The lowest BCUT2D eigenvalue weighted by atomic mass is 10.0. The van der Waals surface area contributed by atoms with Crippen molar-refractivity contribution in [3.05, 3.63) is 30.1 Å². The van der Waals surface area contributed by atoms with E-state index in [0.717, 1.165) is 24.5 Å². The van der Waals surface area contributed by atoms with Crippen molar-refractivity contribution in [3.63, 3.8) is 0 Å². The Bertz CT molecular complexity index is 306. The zero-order valence-corrected chi connectivity index (χ0v) is 10.3. The Labute approximate surface area is 98.1 Å². The van der Waals surface area contributed by atoms with Crippen LogP contribution in [0.2, 0.25) is 0 Å². The zero-order valence-electron chi connectivity index (χ0n) is 10.3. The molecule has 1 heterocycles.